The number of benzene rings is 1. The predicted octanol–water partition coefficient (Wildman–Crippen LogP) is 3.64. The van der Waals surface area contributed by atoms with Gasteiger partial charge in [0.2, 0.25) is 0 Å². The van der Waals surface area contributed by atoms with Gasteiger partial charge in [0, 0.05) is 49.4 Å². The number of halogens is 1. The first-order valence-electron chi connectivity index (χ1n) is 12.0. The van der Waals surface area contributed by atoms with Gasteiger partial charge in [-0.25, -0.2) is 9.37 Å². The van der Waals surface area contributed by atoms with Crippen LogP contribution in [0.1, 0.15) is 61.5 Å². The van der Waals surface area contributed by atoms with Crippen LogP contribution in [0.2, 0.25) is 0 Å². The summed E-state index contributed by atoms with van der Waals surface area (Å²) in [7, 11) is 0. The fourth-order valence-electron chi connectivity index (χ4n) is 6.13. The van der Waals surface area contributed by atoms with Crippen LogP contribution in [0.3, 0.4) is 0 Å². The molecule has 164 valence electrons. The van der Waals surface area contributed by atoms with E-state index < -0.39 is 0 Å². The lowest BCUT2D eigenvalue weighted by molar-refractivity contribution is 0.186. The van der Waals surface area contributed by atoms with E-state index in [1.54, 1.807) is 12.1 Å². The molecular weight excluding hydrogens is 391 g/mol. The van der Waals surface area contributed by atoms with Crippen LogP contribution in [-0.4, -0.2) is 47.1 Å². The highest BCUT2D eigenvalue weighted by molar-refractivity contribution is 5.46. The molecule has 0 unspecified atom stereocenters. The zero-order chi connectivity index (χ0) is 21.0. The summed E-state index contributed by atoms with van der Waals surface area (Å²) in [6, 6.07) is 7.40. The third-order valence-electron chi connectivity index (χ3n) is 8.33. The van der Waals surface area contributed by atoms with Crippen LogP contribution in [0.5, 0.6) is 0 Å². The molecule has 6 heteroatoms. The van der Waals surface area contributed by atoms with Crippen LogP contribution in [0, 0.1) is 11.2 Å². The molecular formula is C25H31FN4O. The number of anilines is 1. The molecule has 3 aliphatic carbocycles. The van der Waals surface area contributed by atoms with Gasteiger partial charge in [-0.1, -0.05) is 0 Å². The van der Waals surface area contributed by atoms with Gasteiger partial charge < -0.3 is 9.88 Å². The Morgan fingerprint density at radius 1 is 1.03 bits per heavy atom. The lowest BCUT2D eigenvalue weighted by atomic mass is 9.84. The zero-order valence-electron chi connectivity index (χ0n) is 18.1. The van der Waals surface area contributed by atoms with Crippen LogP contribution in [-0.2, 0) is 12.8 Å². The summed E-state index contributed by atoms with van der Waals surface area (Å²) in [5.41, 5.74) is 3.72. The van der Waals surface area contributed by atoms with E-state index in [9.17, 15) is 9.18 Å². The van der Waals surface area contributed by atoms with Crippen molar-refractivity contribution in [2.24, 2.45) is 5.41 Å². The molecule has 2 saturated carbocycles. The Hall–Kier alpha value is -2.21. The Morgan fingerprint density at radius 2 is 1.81 bits per heavy atom. The van der Waals surface area contributed by atoms with Crippen LogP contribution < -0.4 is 10.5 Å². The Balaban J connectivity index is 1.09. The summed E-state index contributed by atoms with van der Waals surface area (Å²) >= 11 is 0. The molecule has 2 heterocycles. The highest BCUT2D eigenvalue weighted by atomic mass is 19.1. The van der Waals surface area contributed by atoms with Crippen LogP contribution in [0.15, 0.2) is 29.1 Å². The molecule has 0 radical (unpaired) electrons. The monoisotopic (exact) mass is 422 g/mol. The molecule has 1 aliphatic heterocycles. The minimum atomic E-state index is -0.180. The first kappa shape index (κ1) is 19.5. The van der Waals surface area contributed by atoms with Crippen molar-refractivity contribution < 1.29 is 4.39 Å². The fraction of sp³-hybridized carbons (Fsp3) is 0.600. The van der Waals surface area contributed by atoms with E-state index in [4.69, 9.17) is 4.98 Å². The summed E-state index contributed by atoms with van der Waals surface area (Å²) in [5, 5.41) is 0. The Kier molecular flexibility index (Phi) is 4.67. The van der Waals surface area contributed by atoms with E-state index in [1.807, 2.05) is 12.1 Å². The van der Waals surface area contributed by atoms with Crippen LogP contribution in [0.4, 0.5) is 10.1 Å². The van der Waals surface area contributed by atoms with Gasteiger partial charge in [0.25, 0.3) is 5.56 Å². The fourth-order valence-corrected chi connectivity index (χ4v) is 6.13. The van der Waals surface area contributed by atoms with Gasteiger partial charge in [0.15, 0.2) is 0 Å². The molecule has 2 atom stereocenters. The molecule has 3 fully saturated rings. The van der Waals surface area contributed by atoms with Crippen molar-refractivity contribution >= 4 is 5.69 Å². The van der Waals surface area contributed by atoms with Crippen molar-refractivity contribution in [3.63, 3.8) is 0 Å². The zero-order valence-corrected chi connectivity index (χ0v) is 18.1. The molecule has 1 N–H and O–H groups in total. The SMILES string of the molecule is O=c1[nH]c([C@@H]2CC[C@H](N3CCN(c4ccc(F)cc4)CC3)C2)nc2c1CC1(CC2)CC1. The van der Waals surface area contributed by atoms with E-state index in [2.05, 4.69) is 14.8 Å². The number of aromatic nitrogens is 2. The first-order valence-corrected chi connectivity index (χ1v) is 12.0. The number of hydrogen-bond donors (Lipinski definition) is 1. The number of piperazine rings is 1. The summed E-state index contributed by atoms with van der Waals surface area (Å²) in [6.07, 6.45) is 9.06. The lowest BCUT2D eigenvalue weighted by Gasteiger charge is -2.39. The molecule has 0 bridgehead atoms. The maximum absolute atomic E-state index is 13.2. The smallest absolute Gasteiger partial charge is 0.254 e. The third kappa shape index (κ3) is 3.69. The second-order valence-corrected chi connectivity index (χ2v) is 10.2. The van der Waals surface area contributed by atoms with Crippen molar-refractivity contribution in [2.45, 2.75) is 63.3 Å². The quantitative estimate of drug-likeness (QED) is 0.821. The van der Waals surface area contributed by atoms with Gasteiger partial charge in [-0.15, -0.1) is 0 Å². The van der Waals surface area contributed by atoms with E-state index in [0.29, 0.717) is 17.4 Å². The molecule has 5 nitrogen and oxygen atoms in total. The molecule has 1 saturated heterocycles. The van der Waals surface area contributed by atoms with Crippen LogP contribution in [0.25, 0.3) is 0 Å². The van der Waals surface area contributed by atoms with Gasteiger partial charge >= 0.3 is 0 Å². The average Bonchev–Trinajstić information content (AvgIpc) is 3.35. The predicted molar refractivity (Wildman–Crippen MR) is 119 cm³/mol. The third-order valence-corrected chi connectivity index (χ3v) is 8.33. The van der Waals surface area contributed by atoms with E-state index in [1.165, 1.54) is 25.7 Å². The Labute approximate surface area is 182 Å². The van der Waals surface area contributed by atoms with Crippen molar-refractivity contribution in [3.8, 4) is 0 Å². The summed E-state index contributed by atoms with van der Waals surface area (Å²) in [5.74, 6) is 1.12. The van der Waals surface area contributed by atoms with Gasteiger partial charge in [-0.05, 0) is 81.0 Å². The molecule has 0 amide bonds. The highest BCUT2D eigenvalue weighted by Crippen LogP contribution is 2.54. The van der Waals surface area contributed by atoms with E-state index in [0.717, 1.165) is 74.6 Å². The Bertz CT molecular complexity index is 1020. The number of rotatable bonds is 3. The summed E-state index contributed by atoms with van der Waals surface area (Å²) in [4.78, 5) is 25.9. The van der Waals surface area contributed by atoms with Gasteiger partial charge in [-0.2, -0.15) is 0 Å². The first-order chi connectivity index (χ1) is 15.1. The van der Waals surface area contributed by atoms with Crippen molar-refractivity contribution in [3.05, 3.63) is 57.5 Å². The van der Waals surface area contributed by atoms with E-state index in [-0.39, 0.29) is 11.4 Å². The number of nitrogens with zero attached hydrogens (tertiary/aromatic N) is 3. The largest absolute Gasteiger partial charge is 0.369 e. The molecule has 31 heavy (non-hydrogen) atoms. The van der Waals surface area contributed by atoms with E-state index >= 15 is 0 Å². The highest BCUT2D eigenvalue weighted by Gasteiger charge is 2.46. The van der Waals surface area contributed by atoms with Crippen molar-refractivity contribution in [1.29, 1.82) is 0 Å². The number of hydrogen-bond acceptors (Lipinski definition) is 4. The molecule has 1 aromatic carbocycles. The van der Waals surface area contributed by atoms with Crippen molar-refractivity contribution in [1.82, 2.24) is 14.9 Å². The van der Waals surface area contributed by atoms with Gasteiger partial charge in [0.1, 0.15) is 11.6 Å². The van der Waals surface area contributed by atoms with Crippen LogP contribution >= 0.6 is 0 Å². The maximum atomic E-state index is 13.2. The van der Waals surface area contributed by atoms with Crippen molar-refractivity contribution in [2.75, 3.05) is 31.1 Å². The maximum Gasteiger partial charge on any atom is 0.254 e. The molecule has 1 spiro atoms. The normalized spacial score (nSPS) is 27.5. The number of nitrogens with one attached hydrogen (secondary N) is 1. The molecule has 6 rings (SSSR count). The number of aromatic amines is 1. The second kappa shape index (κ2) is 7.44. The standard InChI is InChI=1S/C25H31FN4O/c26-18-2-5-19(6-3-18)29-11-13-30(14-12-29)20-4-1-17(15-20)23-27-22-7-8-25(9-10-25)16-21(22)24(31)28-23/h2-3,5-6,17,20H,1,4,7-16H2,(H,27,28,31)/t17-,20+/m1/s1. The summed E-state index contributed by atoms with van der Waals surface area (Å²) < 4.78 is 13.2. The molecule has 2 aromatic rings. The number of fused-ring (bicyclic) bond motifs is 1. The van der Waals surface area contributed by atoms with Gasteiger partial charge in [-0.3, -0.25) is 9.69 Å². The van der Waals surface area contributed by atoms with Gasteiger partial charge in [0.05, 0.1) is 5.69 Å². The average molecular weight is 423 g/mol. The minimum Gasteiger partial charge on any atom is -0.369 e. The summed E-state index contributed by atoms with van der Waals surface area (Å²) in [6.45, 7) is 4.01. The number of aryl methyl sites for hydroxylation is 1. The molecule has 4 aliphatic rings. The topological polar surface area (TPSA) is 52.2 Å². The lowest BCUT2D eigenvalue weighted by Crippen LogP contribution is -2.49. The second-order valence-electron chi connectivity index (χ2n) is 10.2. The minimum absolute atomic E-state index is 0.127. The number of H-pyrrole nitrogens is 1. The molecule has 1 aromatic heterocycles. The Morgan fingerprint density at radius 3 is 2.55 bits per heavy atom.